The minimum absolute atomic E-state index is 0.206. The van der Waals surface area contributed by atoms with Crippen molar-refractivity contribution in [1.82, 2.24) is 0 Å². The predicted molar refractivity (Wildman–Crippen MR) is 52.2 cm³/mol. The number of benzene rings is 1. The molecule has 0 bridgehead atoms. The zero-order chi connectivity index (χ0) is 13.2. The number of aromatic hydroxyl groups is 1. The summed E-state index contributed by atoms with van der Waals surface area (Å²) < 4.78 is 46.3. The highest BCUT2D eigenvalue weighted by Crippen LogP contribution is 2.41. The molecule has 96 valence electrons. The maximum absolute atomic E-state index is 12.3. The second-order valence-electron chi connectivity index (χ2n) is 3.22. The molecule has 7 heteroatoms. The lowest BCUT2D eigenvalue weighted by Gasteiger charge is -2.17. The van der Waals surface area contributed by atoms with Gasteiger partial charge in [-0.25, -0.2) is 0 Å². The third-order valence-electron chi connectivity index (χ3n) is 2.13. The van der Waals surface area contributed by atoms with E-state index in [4.69, 9.17) is 5.11 Å². The van der Waals surface area contributed by atoms with Gasteiger partial charge in [0.2, 0.25) is 5.75 Å². The lowest BCUT2D eigenvalue weighted by molar-refractivity contribution is -0.206. The van der Waals surface area contributed by atoms with Crippen LogP contribution in [-0.4, -0.2) is 30.6 Å². The number of rotatable bonds is 3. The van der Waals surface area contributed by atoms with E-state index in [0.717, 1.165) is 12.1 Å². The Balaban J connectivity index is 3.27. The van der Waals surface area contributed by atoms with Gasteiger partial charge < -0.3 is 19.7 Å². The van der Waals surface area contributed by atoms with Crippen LogP contribution in [0.25, 0.3) is 0 Å². The predicted octanol–water partition coefficient (Wildman–Crippen LogP) is 2.01. The van der Waals surface area contributed by atoms with Crippen LogP contribution in [0.15, 0.2) is 12.1 Å². The minimum atomic E-state index is -4.80. The number of alkyl halides is 3. The van der Waals surface area contributed by atoms with E-state index >= 15 is 0 Å². The molecule has 0 saturated carbocycles. The van der Waals surface area contributed by atoms with Gasteiger partial charge in [0.1, 0.15) is 0 Å². The van der Waals surface area contributed by atoms with Crippen molar-refractivity contribution in [3.05, 3.63) is 17.7 Å². The first-order chi connectivity index (χ1) is 7.81. The summed E-state index contributed by atoms with van der Waals surface area (Å²) in [5, 5.41) is 18.6. The highest BCUT2D eigenvalue weighted by atomic mass is 19.4. The summed E-state index contributed by atoms with van der Waals surface area (Å²) in [4.78, 5) is 0. The first-order valence-corrected chi connectivity index (χ1v) is 4.51. The molecule has 1 aromatic carbocycles. The Kier molecular flexibility index (Phi) is 3.72. The Morgan fingerprint density at radius 2 is 1.53 bits per heavy atom. The Morgan fingerprint density at radius 1 is 1.12 bits per heavy atom. The van der Waals surface area contributed by atoms with Gasteiger partial charge in [0.15, 0.2) is 17.6 Å². The van der Waals surface area contributed by atoms with Crippen molar-refractivity contribution in [2.45, 2.75) is 12.3 Å². The minimum Gasteiger partial charge on any atom is -0.502 e. The molecule has 0 aliphatic rings. The average Bonchev–Trinajstić information content (AvgIpc) is 2.27. The van der Waals surface area contributed by atoms with Gasteiger partial charge in [0.25, 0.3) is 0 Å². The lowest BCUT2D eigenvalue weighted by atomic mass is 10.1. The molecule has 0 radical (unpaired) electrons. The number of halogens is 3. The van der Waals surface area contributed by atoms with Gasteiger partial charge in [-0.3, -0.25) is 0 Å². The monoisotopic (exact) mass is 252 g/mol. The van der Waals surface area contributed by atoms with Crippen molar-refractivity contribution in [3.63, 3.8) is 0 Å². The molecule has 17 heavy (non-hydrogen) atoms. The summed E-state index contributed by atoms with van der Waals surface area (Å²) in [6, 6.07) is 1.80. The van der Waals surface area contributed by atoms with Crippen LogP contribution in [0.1, 0.15) is 11.7 Å². The summed E-state index contributed by atoms with van der Waals surface area (Å²) in [7, 11) is 2.36. The van der Waals surface area contributed by atoms with Gasteiger partial charge in [0, 0.05) is 0 Å². The van der Waals surface area contributed by atoms with E-state index in [1.54, 1.807) is 0 Å². The summed E-state index contributed by atoms with van der Waals surface area (Å²) in [6.45, 7) is 0. The smallest absolute Gasteiger partial charge is 0.418 e. The second-order valence-corrected chi connectivity index (χ2v) is 3.22. The van der Waals surface area contributed by atoms with Gasteiger partial charge in [-0.2, -0.15) is 13.2 Å². The summed E-state index contributed by atoms with van der Waals surface area (Å²) in [5.41, 5.74) is -0.469. The van der Waals surface area contributed by atoms with Crippen LogP contribution in [0, 0.1) is 0 Å². The number of methoxy groups -OCH3 is 2. The van der Waals surface area contributed by atoms with Crippen LogP contribution in [0.2, 0.25) is 0 Å². The fraction of sp³-hybridized carbons (Fsp3) is 0.400. The van der Waals surface area contributed by atoms with Crippen molar-refractivity contribution < 1.29 is 32.9 Å². The summed E-state index contributed by atoms with van der Waals surface area (Å²) in [6.07, 6.45) is -7.46. The maximum Gasteiger partial charge on any atom is 0.418 e. The Hall–Kier alpha value is -1.63. The Morgan fingerprint density at radius 3 is 1.82 bits per heavy atom. The van der Waals surface area contributed by atoms with Gasteiger partial charge in [-0.1, -0.05) is 0 Å². The highest BCUT2D eigenvalue weighted by Gasteiger charge is 2.40. The fourth-order valence-corrected chi connectivity index (χ4v) is 1.26. The molecule has 4 nitrogen and oxygen atoms in total. The van der Waals surface area contributed by atoms with Crippen LogP contribution in [0.4, 0.5) is 13.2 Å². The number of ether oxygens (including phenoxy) is 2. The highest BCUT2D eigenvalue weighted by molar-refractivity contribution is 5.53. The molecule has 0 aliphatic heterocycles. The van der Waals surface area contributed by atoms with Crippen LogP contribution < -0.4 is 9.47 Å². The largest absolute Gasteiger partial charge is 0.502 e. The van der Waals surface area contributed by atoms with Crippen molar-refractivity contribution in [2.24, 2.45) is 0 Å². The van der Waals surface area contributed by atoms with Gasteiger partial charge in [0.05, 0.1) is 14.2 Å². The molecule has 0 heterocycles. The first-order valence-electron chi connectivity index (χ1n) is 4.51. The zero-order valence-corrected chi connectivity index (χ0v) is 9.08. The van der Waals surface area contributed by atoms with Crippen molar-refractivity contribution in [3.8, 4) is 17.2 Å². The lowest BCUT2D eigenvalue weighted by Crippen LogP contribution is -2.20. The fourth-order valence-electron chi connectivity index (χ4n) is 1.26. The maximum atomic E-state index is 12.3. The van der Waals surface area contributed by atoms with Crippen LogP contribution in [0.5, 0.6) is 17.2 Å². The van der Waals surface area contributed by atoms with E-state index in [2.05, 4.69) is 9.47 Å². The Labute approximate surface area is 95.2 Å². The molecule has 1 rings (SSSR count). The topological polar surface area (TPSA) is 58.9 Å². The van der Waals surface area contributed by atoms with E-state index in [1.807, 2.05) is 0 Å². The van der Waals surface area contributed by atoms with Crippen molar-refractivity contribution >= 4 is 0 Å². The van der Waals surface area contributed by atoms with Gasteiger partial charge in [-0.05, 0) is 17.7 Å². The number of aliphatic hydroxyl groups is 1. The molecule has 1 aromatic rings. The second kappa shape index (κ2) is 4.70. The van der Waals surface area contributed by atoms with E-state index in [1.165, 1.54) is 14.2 Å². The molecule has 0 unspecified atom stereocenters. The summed E-state index contributed by atoms with van der Waals surface area (Å²) in [5.74, 6) is -0.835. The molecule has 1 atom stereocenters. The Bertz CT molecular complexity index is 378. The normalized spacial score (nSPS) is 13.3. The number of aliphatic hydroxyl groups excluding tert-OH is 1. The van der Waals surface area contributed by atoms with E-state index in [-0.39, 0.29) is 11.5 Å². The van der Waals surface area contributed by atoms with Crippen molar-refractivity contribution in [1.29, 1.82) is 0 Å². The summed E-state index contributed by atoms with van der Waals surface area (Å²) >= 11 is 0. The molecular weight excluding hydrogens is 241 g/mol. The van der Waals surface area contributed by atoms with E-state index < -0.39 is 23.6 Å². The number of phenols is 1. The quantitative estimate of drug-likeness (QED) is 0.863. The van der Waals surface area contributed by atoms with E-state index in [9.17, 15) is 18.3 Å². The zero-order valence-electron chi connectivity index (χ0n) is 9.08. The molecule has 0 aromatic heterocycles. The number of hydrogen-bond acceptors (Lipinski definition) is 4. The SMILES string of the molecule is COc1cc([C@H](O)C(F)(F)F)cc(OC)c1O. The standard InChI is InChI=1S/C10H11F3O4/c1-16-6-3-5(9(15)10(11,12)13)4-7(17-2)8(6)14/h3-4,9,14-15H,1-2H3/t9-/m0/s1. The van der Waals surface area contributed by atoms with Crippen LogP contribution in [0.3, 0.4) is 0 Å². The number of hydrogen-bond donors (Lipinski definition) is 2. The van der Waals surface area contributed by atoms with Crippen LogP contribution >= 0.6 is 0 Å². The third kappa shape index (κ3) is 2.73. The van der Waals surface area contributed by atoms with E-state index in [0.29, 0.717) is 0 Å². The number of phenolic OH excluding ortho intramolecular Hbond substituents is 1. The molecular formula is C10H11F3O4. The molecule has 0 spiro atoms. The molecule has 0 saturated heterocycles. The third-order valence-corrected chi connectivity index (χ3v) is 2.13. The molecule has 0 amide bonds. The van der Waals surface area contributed by atoms with Gasteiger partial charge >= 0.3 is 6.18 Å². The van der Waals surface area contributed by atoms with Crippen molar-refractivity contribution in [2.75, 3.05) is 14.2 Å². The average molecular weight is 252 g/mol. The van der Waals surface area contributed by atoms with Crippen LogP contribution in [-0.2, 0) is 0 Å². The molecule has 2 N–H and O–H groups in total. The molecule has 0 aliphatic carbocycles. The molecule has 0 fully saturated rings. The first kappa shape index (κ1) is 13.4. The van der Waals surface area contributed by atoms with Gasteiger partial charge in [-0.15, -0.1) is 0 Å².